The lowest BCUT2D eigenvalue weighted by atomic mass is 10.0. The van der Waals surface area contributed by atoms with E-state index in [-0.39, 0.29) is 37.9 Å². The van der Waals surface area contributed by atoms with E-state index >= 15 is 0 Å². The molecule has 2 rings (SSSR count). The molecule has 0 saturated carbocycles. The van der Waals surface area contributed by atoms with Crippen molar-refractivity contribution in [3.8, 4) is 5.75 Å². The number of aromatic nitrogens is 2. The van der Waals surface area contributed by atoms with Crippen LogP contribution in [0.1, 0.15) is 36.9 Å². The van der Waals surface area contributed by atoms with Crippen molar-refractivity contribution in [2.45, 2.75) is 62.7 Å². The molecule has 0 bridgehead atoms. The Morgan fingerprint density at radius 1 is 0.829 bits per heavy atom. The Morgan fingerprint density at radius 2 is 1.44 bits per heavy atom. The summed E-state index contributed by atoms with van der Waals surface area (Å²) in [6.07, 6.45) is 1.22. The first-order chi connectivity index (χ1) is 19.3. The monoisotopic (exact) mass is 575 g/mol. The van der Waals surface area contributed by atoms with Crippen LogP contribution >= 0.6 is 0 Å². The number of aliphatic carboxylic acids is 2. The number of nitrogens with one attached hydrogen (secondary N) is 4. The summed E-state index contributed by atoms with van der Waals surface area (Å²) in [5.41, 5.74) is 11.8. The minimum Gasteiger partial charge on any atom is -0.508 e. The summed E-state index contributed by atoms with van der Waals surface area (Å²) in [5, 5.41) is 35.4. The maximum Gasteiger partial charge on any atom is 0.326 e. The van der Waals surface area contributed by atoms with Crippen LogP contribution in [0, 0.1) is 0 Å². The molecular formula is C25H33N7O9. The first-order valence-corrected chi connectivity index (χ1v) is 12.5. The number of aromatic hydroxyl groups is 1. The van der Waals surface area contributed by atoms with Gasteiger partial charge >= 0.3 is 11.9 Å². The molecule has 0 aliphatic rings. The minimum atomic E-state index is -1.48. The Hall–Kier alpha value is -4.99. The molecule has 222 valence electrons. The molecular weight excluding hydrogens is 542 g/mol. The van der Waals surface area contributed by atoms with Crippen molar-refractivity contribution in [1.29, 1.82) is 0 Å². The number of rotatable bonds is 17. The molecule has 41 heavy (non-hydrogen) atoms. The normalized spacial score (nSPS) is 13.7. The van der Waals surface area contributed by atoms with Gasteiger partial charge < -0.3 is 47.7 Å². The molecule has 2 aromatic rings. The van der Waals surface area contributed by atoms with Gasteiger partial charge in [0.05, 0.1) is 12.4 Å². The molecule has 16 nitrogen and oxygen atoms in total. The van der Waals surface area contributed by atoms with Gasteiger partial charge in [0.2, 0.25) is 23.6 Å². The Kier molecular flexibility index (Phi) is 12.2. The van der Waals surface area contributed by atoms with Gasteiger partial charge in [-0.1, -0.05) is 12.1 Å². The highest BCUT2D eigenvalue weighted by atomic mass is 16.4. The SMILES string of the molecule is NC(=O)CCC(N)C(=O)NC(Cc1ccc(O)cc1)C(=O)NC(CCC(=O)O)C(=O)NC(Cc1cnc[nH]1)C(=O)O. The molecule has 11 N–H and O–H groups in total. The number of carboxylic acid groups (broad SMARTS) is 2. The van der Waals surface area contributed by atoms with Crippen LogP contribution in [0.2, 0.25) is 0 Å². The first kappa shape index (κ1) is 32.2. The summed E-state index contributed by atoms with van der Waals surface area (Å²) in [6.45, 7) is 0. The summed E-state index contributed by atoms with van der Waals surface area (Å²) in [6, 6.07) is 0.286. The van der Waals surface area contributed by atoms with Gasteiger partial charge in [0.1, 0.15) is 23.9 Å². The second kappa shape index (κ2) is 15.6. The number of carbonyl (C=O) groups is 6. The second-order valence-electron chi connectivity index (χ2n) is 9.22. The molecule has 4 amide bonds. The van der Waals surface area contributed by atoms with E-state index in [1.807, 2.05) is 0 Å². The number of phenolic OH excluding ortho intramolecular Hbond substituents is 1. The van der Waals surface area contributed by atoms with Gasteiger partial charge in [0.15, 0.2) is 0 Å². The fourth-order valence-electron chi connectivity index (χ4n) is 3.68. The van der Waals surface area contributed by atoms with Crippen LogP contribution in [0.5, 0.6) is 5.75 Å². The number of nitrogens with two attached hydrogens (primary N) is 2. The third kappa shape index (κ3) is 11.3. The highest BCUT2D eigenvalue weighted by Gasteiger charge is 2.31. The number of phenols is 1. The van der Waals surface area contributed by atoms with Crippen molar-refractivity contribution < 1.29 is 44.1 Å². The number of benzene rings is 1. The molecule has 1 aromatic carbocycles. The standard InChI is InChI=1S/C25H33N7O9/c26-16(5-7-20(27)34)22(37)31-18(9-13-1-3-15(33)4-2-13)24(39)30-17(6-8-21(35)36)23(38)32-19(25(40)41)10-14-11-28-12-29-14/h1-4,11-12,16-19,33H,5-10,26H2,(H2,27,34)(H,28,29)(H,30,39)(H,31,37)(H,32,38)(H,35,36)(H,40,41). The Morgan fingerprint density at radius 3 is 2.00 bits per heavy atom. The summed E-state index contributed by atoms with van der Waals surface area (Å²) < 4.78 is 0. The van der Waals surface area contributed by atoms with Crippen LogP contribution in [0.25, 0.3) is 0 Å². The Bertz CT molecular complexity index is 1220. The van der Waals surface area contributed by atoms with Crippen molar-refractivity contribution >= 4 is 35.6 Å². The lowest BCUT2D eigenvalue weighted by molar-refractivity contribution is -0.143. The number of carboxylic acids is 2. The van der Waals surface area contributed by atoms with Crippen LogP contribution in [-0.4, -0.2) is 85.0 Å². The minimum absolute atomic E-state index is 0.0409. The molecule has 0 radical (unpaired) electrons. The first-order valence-electron chi connectivity index (χ1n) is 12.5. The van der Waals surface area contributed by atoms with Gasteiger partial charge in [-0.15, -0.1) is 0 Å². The Labute approximate surface area is 233 Å². The molecule has 0 aliphatic carbocycles. The van der Waals surface area contributed by atoms with Crippen molar-refractivity contribution in [2.75, 3.05) is 0 Å². The highest BCUT2D eigenvalue weighted by Crippen LogP contribution is 2.12. The van der Waals surface area contributed by atoms with E-state index in [1.54, 1.807) is 0 Å². The Balaban J connectivity index is 2.24. The number of carbonyl (C=O) groups excluding carboxylic acids is 4. The molecule has 0 spiro atoms. The van der Waals surface area contributed by atoms with Gasteiger partial charge in [0, 0.05) is 37.6 Å². The highest BCUT2D eigenvalue weighted by molar-refractivity contribution is 5.94. The van der Waals surface area contributed by atoms with Crippen LogP contribution in [-0.2, 0) is 41.6 Å². The van der Waals surface area contributed by atoms with Gasteiger partial charge in [-0.3, -0.25) is 24.0 Å². The van der Waals surface area contributed by atoms with E-state index in [4.69, 9.17) is 16.6 Å². The van der Waals surface area contributed by atoms with E-state index in [1.165, 1.54) is 36.8 Å². The second-order valence-corrected chi connectivity index (χ2v) is 9.22. The third-order valence-corrected chi connectivity index (χ3v) is 5.92. The zero-order valence-electron chi connectivity index (χ0n) is 21.9. The lowest BCUT2D eigenvalue weighted by Gasteiger charge is -2.25. The van der Waals surface area contributed by atoms with Crippen LogP contribution < -0.4 is 27.4 Å². The number of imidazole rings is 1. The molecule has 0 aliphatic heterocycles. The van der Waals surface area contributed by atoms with E-state index in [0.717, 1.165) is 0 Å². The van der Waals surface area contributed by atoms with Crippen molar-refractivity contribution in [1.82, 2.24) is 25.9 Å². The summed E-state index contributed by atoms with van der Waals surface area (Å²) in [5.74, 6) is -6.00. The maximum absolute atomic E-state index is 13.3. The van der Waals surface area contributed by atoms with Crippen LogP contribution in [0.3, 0.4) is 0 Å². The van der Waals surface area contributed by atoms with Gasteiger partial charge in [0.25, 0.3) is 0 Å². The predicted octanol–water partition coefficient (Wildman–Crippen LogP) is -2.10. The van der Waals surface area contributed by atoms with Crippen LogP contribution in [0.4, 0.5) is 0 Å². The number of primary amides is 1. The van der Waals surface area contributed by atoms with Crippen molar-refractivity contribution in [3.05, 3.63) is 48.0 Å². The molecule has 1 aromatic heterocycles. The average molecular weight is 576 g/mol. The van der Waals surface area contributed by atoms with Crippen molar-refractivity contribution in [3.63, 3.8) is 0 Å². The van der Waals surface area contributed by atoms with Gasteiger partial charge in [-0.2, -0.15) is 0 Å². The molecule has 4 unspecified atom stereocenters. The average Bonchev–Trinajstić information content (AvgIpc) is 3.42. The smallest absolute Gasteiger partial charge is 0.326 e. The quantitative estimate of drug-likeness (QED) is 0.0984. The van der Waals surface area contributed by atoms with E-state index in [9.17, 15) is 39.0 Å². The molecule has 16 heteroatoms. The number of H-pyrrole nitrogens is 1. The largest absolute Gasteiger partial charge is 0.508 e. The molecule has 4 atom stereocenters. The van der Waals surface area contributed by atoms with E-state index < -0.39 is 66.2 Å². The van der Waals surface area contributed by atoms with E-state index in [0.29, 0.717) is 11.3 Å². The lowest BCUT2D eigenvalue weighted by Crippen LogP contribution is -2.57. The zero-order valence-corrected chi connectivity index (χ0v) is 21.9. The molecule has 0 fully saturated rings. The summed E-state index contributed by atoms with van der Waals surface area (Å²) >= 11 is 0. The van der Waals surface area contributed by atoms with Crippen molar-refractivity contribution in [2.24, 2.45) is 11.5 Å². The van der Waals surface area contributed by atoms with E-state index in [2.05, 4.69) is 25.9 Å². The number of nitrogens with zero attached hydrogens (tertiary/aromatic N) is 1. The third-order valence-electron chi connectivity index (χ3n) is 5.92. The number of amides is 4. The topological polar surface area (TPSA) is 280 Å². The molecule has 0 saturated heterocycles. The number of aromatic amines is 1. The fourth-order valence-corrected chi connectivity index (χ4v) is 3.68. The van der Waals surface area contributed by atoms with Crippen LogP contribution in [0.15, 0.2) is 36.8 Å². The number of hydrogen-bond acceptors (Lipinski definition) is 9. The maximum atomic E-state index is 13.3. The fraction of sp³-hybridized carbons (Fsp3) is 0.400. The predicted molar refractivity (Wildman–Crippen MR) is 141 cm³/mol. The molecule has 1 heterocycles. The van der Waals surface area contributed by atoms with Gasteiger partial charge in [-0.05, 0) is 30.5 Å². The van der Waals surface area contributed by atoms with Gasteiger partial charge in [-0.25, -0.2) is 9.78 Å². The zero-order chi connectivity index (χ0) is 30.5. The summed E-state index contributed by atoms with van der Waals surface area (Å²) in [7, 11) is 0. The number of hydrogen-bond donors (Lipinski definition) is 9. The summed E-state index contributed by atoms with van der Waals surface area (Å²) in [4.78, 5) is 79.6.